The molecule has 1 fully saturated rings. The van der Waals surface area contributed by atoms with Crippen LogP contribution in [-0.2, 0) is 26.6 Å². The van der Waals surface area contributed by atoms with Gasteiger partial charge in [-0.3, -0.25) is 27.8 Å². The molecule has 0 radical (unpaired) electrons. The first-order valence-corrected chi connectivity index (χ1v) is 20.0. The molecule has 0 unspecified atom stereocenters. The summed E-state index contributed by atoms with van der Waals surface area (Å²) >= 11 is 0. The summed E-state index contributed by atoms with van der Waals surface area (Å²) in [6, 6.07) is 9.67. The average molecular weight is 735 g/mol. The third-order valence-electron chi connectivity index (χ3n) is 8.67. The lowest BCUT2D eigenvalue weighted by molar-refractivity contribution is 0.0640. The summed E-state index contributed by atoms with van der Waals surface area (Å²) in [6.07, 6.45) is 1.49. The van der Waals surface area contributed by atoms with Crippen LogP contribution in [0.1, 0.15) is 78.1 Å². The number of unbranched alkanes of at least 4 members (excludes halogenated alkanes) is 2. The molecule has 4 aromatic rings. The number of aryl methyl sites for hydroxylation is 1. The smallest absolute Gasteiger partial charge is 0.270 e. The number of fused-ring (bicyclic) bond motifs is 2. The van der Waals surface area contributed by atoms with Crippen LogP contribution in [0.2, 0.25) is 0 Å². The topological polar surface area (TPSA) is 162 Å². The fourth-order valence-electron chi connectivity index (χ4n) is 6.09. The van der Waals surface area contributed by atoms with Crippen molar-refractivity contribution < 1.29 is 35.2 Å². The molecular weight excluding hydrogens is 691 g/mol. The molecule has 16 heteroatoms. The Morgan fingerprint density at radius 3 is 1.98 bits per heavy atom. The first-order chi connectivity index (χ1) is 23.7. The summed E-state index contributed by atoms with van der Waals surface area (Å²) in [7, 11) is -7.52. The number of nitrogens with zero attached hydrogens (tertiary/aromatic N) is 2. The van der Waals surface area contributed by atoms with E-state index in [1.165, 1.54) is 0 Å². The number of aromatic nitrogens is 2. The molecule has 5 rings (SSSR count). The van der Waals surface area contributed by atoms with E-state index >= 15 is 0 Å². The zero-order chi connectivity index (χ0) is 36.2. The Labute approximate surface area is 291 Å². The first kappa shape index (κ1) is 37.1. The van der Waals surface area contributed by atoms with Crippen LogP contribution in [0.25, 0.3) is 21.8 Å². The molecular formula is C34H44F2N6O6S2. The molecule has 50 heavy (non-hydrogen) atoms. The van der Waals surface area contributed by atoms with Gasteiger partial charge in [-0.1, -0.05) is 0 Å². The zero-order valence-corrected chi connectivity index (χ0v) is 30.1. The van der Waals surface area contributed by atoms with Gasteiger partial charge in [0.15, 0.2) is 0 Å². The largest absolute Gasteiger partial charge is 0.350 e. The number of carbonyl (C=O) groups excluding carboxylic acids is 2. The lowest BCUT2D eigenvalue weighted by atomic mass is 10.1. The van der Waals surface area contributed by atoms with Crippen LogP contribution in [0.5, 0.6) is 0 Å². The lowest BCUT2D eigenvalue weighted by Crippen LogP contribution is -2.43. The number of carbonyl (C=O) groups is 2. The monoisotopic (exact) mass is 734 g/mol. The minimum atomic E-state index is -3.77. The highest BCUT2D eigenvalue weighted by Crippen LogP contribution is 2.34. The molecule has 3 heterocycles. The molecule has 272 valence electrons. The van der Waals surface area contributed by atoms with E-state index in [1.807, 2.05) is 18.4 Å². The van der Waals surface area contributed by atoms with E-state index < -0.39 is 33.4 Å². The number of hydrogen-bond acceptors (Lipinski definition) is 6. The van der Waals surface area contributed by atoms with E-state index in [2.05, 4.69) is 19.7 Å². The van der Waals surface area contributed by atoms with Gasteiger partial charge >= 0.3 is 0 Å². The van der Waals surface area contributed by atoms with Gasteiger partial charge in [-0.05, 0) is 94.8 Å². The van der Waals surface area contributed by atoms with Gasteiger partial charge in [-0.2, -0.15) is 0 Å². The quantitative estimate of drug-likeness (QED) is 0.106. The van der Waals surface area contributed by atoms with Crippen molar-refractivity contribution >= 4 is 65.0 Å². The van der Waals surface area contributed by atoms with Crippen LogP contribution >= 0.6 is 0 Å². The summed E-state index contributed by atoms with van der Waals surface area (Å²) in [4.78, 5) is 32.4. The predicted molar refractivity (Wildman–Crippen MR) is 192 cm³/mol. The summed E-state index contributed by atoms with van der Waals surface area (Å²) in [5.74, 6) is -1.06. The van der Waals surface area contributed by atoms with Crippen LogP contribution in [-0.4, -0.2) is 87.1 Å². The van der Waals surface area contributed by atoms with Gasteiger partial charge in [0.25, 0.3) is 11.8 Å². The minimum Gasteiger partial charge on any atom is -0.350 e. The SMILES string of the molecule is Cc1c(C(=O)N2CCC2)n(Cc2c(C(=O)NC(C)C)[nH]c3ccc(NS(=O)(=O)CCCCF)cc23)c2ccc(NS(=O)(=O)CCCCF)cc12. The number of alkyl halides is 2. The highest BCUT2D eigenvalue weighted by atomic mass is 32.2. The second-order valence-corrected chi connectivity index (χ2v) is 16.6. The number of H-pyrrole nitrogens is 1. The molecule has 0 bridgehead atoms. The van der Waals surface area contributed by atoms with Crippen molar-refractivity contribution in [3.05, 3.63) is 58.9 Å². The van der Waals surface area contributed by atoms with Crippen molar-refractivity contribution in [3.63, 3.8) is 0 Å². The Bertz CT molecular complexity index is 2110. The number of halogens is 2. The minimum absolute atomic E-state index is 0.0428. The van der Waals surface area contributed by atoms with Crippen LogP contribution in [0.15, 0.2) is 36.4 Å². The Kier molecular flexibility index (Phi) is 11.4. The van der Waals surface area contributed by atoms with Crippen molar-refractivity contribution in [3.8, 4) is 0 Å². The van der Waals surface area contributed by atoms with Gasteiger partial charge in [0.1, 0.15) is 11.4 Å². The lowest BCUT2D eigenvalue weighted by Gasteiger charge is -2.31. The number of nitrogens with one attached hydrogen (secondary N) is 4. The number of benzene rings is 2. The Morgan fingerprint density at radius 1 is 0.860 bits per heavy atom. The van der Waals surface area contributed by atoms with Crippen molar-refractivity contribution in [1.82, 2.24) is 19.8 Å². The maximum atomic E-state index is 13.9. The highest BCUT2D eigenvalue weighted by molar-refractivity contribution is 7.92. The van der Waals surface area contributed by atoms with Gasteiger partial charge < -0.3 is 19.8 Å². The van der Waals surface area contributed by atoms with E-state index in [1.54, 1.807) is 48.2 Å². The molecule has 0 saturated carbocycles. The number of aromatic amines is 1. The summed E-state index contributed by atoms with van der Waals surface area (Å²) in [5.41, 5.74) is 3.54. The van der Waals surface area contributed by atoms with Gasteiger partial charge in [-0.25, -0.2) is 16.8 Å². The number of amides is 2. The molecule has 0 spiro atoms. The Morgan fingerprint density at radius 2 is 1.44 bits per heavy atom. The maximum absolute atomic E-state index is 13.9. The van der Waals surface area contributed by atoms with E-state index in [0.717, 1.165) is 6.42 Å². The van der Waals surface area contributed by atoms with E-state index in [0.29, 0.717) is 57.4 Å². The summed E-state index contributed by atoms with van der Waals surface area (Å²) in [5, 5.41) is 4.10. The second-order valence-electron chi connectivity index (χ2n) is 12.9. The van der Waals surface area contributed by atoms with Crippen molar-refractivity contribution in [2.75, 3.05) is 47.4 Å². The Balaban J connectivity index is 1.62. The molecule has 2 aromatic heterocycles. The fraction of sp³-hybridized carbons (Fsp3) is 0.471. The molecule has 1 aliphatic rings. The summed E-state index contributed by atoms with van der Waals surface area (Å²) in [6.45, 7) is 5.47. The Hall–Kier alpha value is -4.18. The molecule has 12 nitrogen and oxygen atoms in total. The standard InChI is InChI=1S/C34H44F2N6O6S2/c1-22(2)37-33(43)31-28(27-20-24(9-11-29(27)38-31)39-49(45,46)17-6-4-13-35)21-42-30-12-10-25(40-50(47,48)18-7-5-14-36)19-26(30)23(3)32(42)34(44)41-15-8-16-41/h9-12,19-20,22,38-40H,4-8,13-18,21H2,1-3H3,(H,37,43). The average Bonchev–Trinajstić information content (AvgIpc) is 3.50. The second kappa shape index (κ2) is 15.4. The van der Waals surface area contributed by atoms with Crippen LogP contribution in [0.4, 0.5) is 20.2 Å². The predicted octanol–water partition coefficient (Wildman–Crippen LogP) is 5.45. The van der Waals surface area contributed by atoms with Crippen LogP contribution in [0.3, 0.4) is 0 Å². The molecule has 2 aromatic carbocycles. The summed E-state index contributed by atoms with van der Waals surface area (Å²) < 4.78 is 83.1. The van der Waals surface area contributed by atoms with Gasteiger partial charge in [0.05, 0.1) is 31.4 Å². The normalized spacial score (nSPS) is 13.6. The number of hydrogen-bond donors (Lipinski definition) is 4. The zero-order valence-electron chi connectivity index (χ0n) is 28.4. The van der Waals surface area contributed by atoms with Crippen molar-refractivity contribution in [2.45, 2.75) is 65.5 Å². The molecule has 0 aliphatic carbocycles. The van der Waals surface area contributed by atoms with Crippen LogP contribution < -0.4 is 14.8 Å². The van der Waals surface area contributed by atoms with Crippen LogP contribution in [0, 0.1) is 6.92 Å². The van der Waals surface area contributed by atoms with E-state index in [4.69, 9.17) is 0 Å². The number of rotatable bonds is 17. The maximum Gasteiger partial charge on any atom is 0.270 e. The fourth-order valence-corrected chi connectivity index (χ4v) is 8.44. The van der Waals surface area contributed by atoms with Crippen molar-refractivity contribution in [1.29, 1.82) is 0 Å². The number of sulfonamides is 2. The number of anilines is 2. The molecule has 0 atom stereocenters. The van der Waals surface area contributed by atoms with E-state index in [9.17, 15) is 35.2 Å². The molecule has 1 saturated heterocycles. The van der Waals surface area contributed by atoms with Crippen molar-refractivity contribution in [2.24, 2.45) is 0 Å². The third kappa shape index (κ3) is 8.40. The third-order valence-corrected chi connectivity index (χ3v) is 11.4. The first-order valence-electron chi connectivity index (χ1n) is 16.7. The molecule has 4 N–H and O–H groups in total. The van der Waals surface area contributed by atoms with E-state index in [-0.39, 0.29) is 73.0 Å². The molecule has 2 amide bonds. The van der Waals surface area contributed by atoms with Gasteiger partial charge in [0, 0.05) is 57.9 Å². The van der Waals surface area contributed by atoms with Gasteiger partial charge in [-0.15, -0.1) is 0 Å². The highest BCUT2D eigenvalue weighted by Gasteiger charge is 2.30. The van der Waals surface area contributed by atoms with Gasteiger partial charge in [0.2, 0.25) is 20.0 Å². The molecule has 1 aliphatic heterocycles. The number of likely N-dealkylation sites (tertiary alicyclic amines) is 1.